The Kier molecular flexibility index (Phi) is 4.18. The van der Waals surface area contributed by atoms with Gasteiger partial charge < -0.3 is 20.5 Å². The third kappa shape index (κ3) is 3.42. The van der Waals surface area contributed by atoms with Gasteiger partial charge in [-0.05, 0) is 31.9 Å². The van der Waals surface area contributed by atoms with Crippen LogP contribution in [0.5, 0.6) is 11.5 Å². The van der Waals surface area contributed by atoms with Gasteiger partial charge in [0.05, 0.1) is 19.3 Å². The first-order chi connectivity index (χ1) is 9.40. The quantitative estimate of drug-likeness (QED) is 0.865. The van der Waals surface area contributed by atoms with Crippen molar-refractivity contribution < 1.29 is 14.3 Å². The molecule has 1 aromatic rings. The maximum Gasteiger partial charge on any atom is 0.239 e. The van der Waals surface area contributed by atoms with E-state index in [1.807, 2.05) is 18.2 Å². The van der Waals surface area contributed by atoms with Gasteiger partial charge in [-0.3, -0.25) is 4.79 Å². The molecule has 20 heavy (non-hydrogen) atoms. The van der Waals surface area contributed by atoms with E-state index in [1.165, 1.54) is 0 Å². The minimum atomic E-state index is -0.846. The molecule has 0 aromatic heterocycles. The molecule has 3 N–H and O–H groups in total. The molecule has 1 aliphatic heterocycles. The standard InChI is InChI=1S/C15H22N2O3/c1-15(2,16)14(18)17-8-10-6-11-4-5-12(19-3)7-13(11)20-9-10/h4-5,7,10H,6,8-9,16H2,1-3H3,(H,17,18). The van der Waals surface area contributed by atoms with Gasteiger partial charge in [-0.2, -0.15) is 0 Å². The Morgan fingerprint density at radius 2 is 2.30 bits per heavy atom. The van der Waals surface area contributed by atoms with Crippen molar-refractivity contribution in [1.29, 1.82) is 0 Å². The van der Waals surface area contributed by atoms with Gasteiger partial charge in [0.25, 0.3) is 0 Å². The molecule has 0 bridgehead atoms. The van der Waals surface area contributed by atoms with Crippen LogP contribution in [0.15, 0.2) is 18.2 Å². The Labute approximate surface area is 119 Å². The summed E-state index contributed by atoms with van der Waals surface area (Å²) in [6, 6.07) is 5.83. The fourth-order valence-corrected chi connectivity index (χ4v) is 2.14. The summed E-state index contributed by atoms with van der Waals surface area (Å²) in [6.45, 7) is 4.55. The summed E-state index contributed by atoms with van der Waals surface area (Å²) in [5, 5.41) is 2.88. The minimum Gasteiger partial charge on any atom is -0.497 e. The number of nitrogens with two attached hydrogens (primary N) is 1. The summed E-state index contributed by atoms with van der Waals surface area (Å²) in [7, 11) is 1.64. The zero-order valence-electron chi connectivity index (χ0n) is 12.2. The monoisotopic (exact) mass is 278 g/mol. The third-order valence-corrected chi connectivity index (χ3v) is 3.39. The van der Waals surface area contributed by atoms with E-state index in [0.717, 1.165) is 23.5 Å². The molecule has 0 spiro atoms. The number of carbonyl (C=O) groups is 1. The lowest BCUT2D eigenvalue weighted by atomic mass is 9.96. The highest BCUT2D eigenvalue weighted by atomic mass is 16.5. The second-order valence-electron chi connectivity index (χ2n) is 5.79. The lowest BCUT2D eigenvalue weighted by Gasteiger charge is -2.27. The number of methoxy groups -OCH3 is 1. The number of benzene rings is 1. The Bertz CT molecular complexity index is 494. The predicted molar refractivity (Wildman–Crippen MR) is 77.0 cm³/mol. The number of ether oxygens (including phenoxy) is 2. The second kappa shape index (κ2) is 5.71. The van der Waals surface area contributed by atoms with Crippen LogP contribution in [0.4, 0.5) is 0 Å². The summed E-state index contributed by atoms with van der Waals surface area (Å²) in [5.74, 6) is 1.78. The fraction of sp³-hybridized carbons (Fsp3) is 0.533. The molecular weight excluding hydrogens is 256 g/mol. The number of carbonyl (C=O) groups excluding carboxylic acids is 1. The molecule has 2 rings (SSSR count). The average Bonchev–Trinajstić information content (AvgIpc) is 2.42. The number of fused-ring (bicyclic) bond motifs is 1. The van der Waals surface area contributed by atoms with Gasteiger partial charge in [0, 0.05) is 18.5 Å². The van der Waals surface area contributed by atoms with E-state index in [4.69, 9.17) is 15.2 Å². The molecule has 0 saturated carbocycles. The van der Waals surface area contributed by atoms with Crippen LogP contribution in [-0.2, 0) is 11.2 Å². The Balaban J connectivity index is 1.93. The van der Waals surface area contributed by atoms with Crippen molar-refractivity contribution >= 4 is 5.91 Å². The Morgan fingerprint density at radius 3 is 2.95 bits per heavy atom. The third-order valence-electron chi connectivity index (χ3n) is 3.39. The van der Waals surface area contributed by atoms with Crippen LogP contribution in [0.2, 0.25) is 0 Å². The lowest BCUT2D eigenvalue weighted by Crippen LogP contribution is -2.50. The molecule has 0 radical (unpaired) electrons. The van der Waals surface area contributed by atoms with Crippen molar-refractivity contribution in [1.82, 2.24) is 5.32 Å². The molecule has 1 aromatic carbocycles. The van der Waals surface area contributed by atoms with E-state index in [9.17, 15) is 4.79 Å². The van der Waals surface area contributed by atoms with Gasteiger partial charge in [0.2, 0.25) is 5.91 Å². The number of rotatable bonds is 4. The van der Waals surface area contributed by atoms with Gasteiger partial charge in [-0.25, -0.2) is 0 Å². The molecule has 0 fully saturated rings. The van der Waals surface area contributed by atoms with Crippen LogP contribution < -0.4 is 20.5 Å². The maximum absolute atomic E-state index is 11.7. The molecule has 1 amide bonds. The second-order valence-corrected chi connectivity index (χ2v) is 5.79. The van der Waals surface area contributed by atoms with Gasteiger partial charge in [0.1, 0.15) is 11.5 Å². The number of amides is 1. The zero-order valence-corrected chi connectivity index (χ0v) is 12.2. The average molecular weight is 278 g/mol. The smallest absolute Gasteiger partial charge is 0.239 e. The lowest BCUT2D eigenvalue weighted by molar-refractivity contribution is -0.125. The molecule has 5 nitrogen and oxygen atoms in total. The molecule has 0 saturated heterocycles. The molecule has 5 heteroatoms. The Hall–Kier alpha value is -1.75. The van der Waals surface area contributed by atoms with E-state index in [2.05, 4.69) is 5.32 Å². The minimum absolute atomic E-state index is 0.141. The van der Waals surface area contributed by atoms with Crippen molar-refractivity contribution in [3.05, 3.63) is 23.8 Å². The van der Waals surface area contributed by atoms with Gasteiger partial charge in [-0.15, -0.1) is 0 Å². The van der Waals surface area contributed by atoms with Crippen molar-refractivity contribution in [2.45, 2.75) is 25.8 Å². The van der Waals surface area contributed by atoms with E-state index in [0.29, 0.717) is 13.2 Å². The van der Waals surface area contributed by atoms with E-state index in [1.54, 1.807) is 21.0 Å². The van der Waals surface area contributed by atoms with Crippen molar-refractivity contribution in [3.8, 4) is 11.5 Å². The van der Waals surface area contributed by atoms with Gasteiger partial charge >= 0.3 is 0 Å². The van der Waals surface area contributed by atoms with Crippen LogP contribution in [0.3, 0.4) is 0 Å². The number of hydrogen-bond donors (Lipinski definition) is 2. The van der Waals surface area contributed by atoms with Crippen molar-refractivity contribution in [3.63, 3.8) is 0 Å². The molecule has 0 aliphatic carbocycles. The van der Waals surface area contributed by atoms with Crippen molar-refractivity contribution in [2.75, 3.05) is 20.3 Å². The summed E-state index contributed by atoms with van der Waals surface area (Å²) < 4.78 is 10.9. The first-order valence-electron chi connectivity index (χ1n) is 6.77. The largest absolute Gasteiger partial charge is 0.497 e. The molecule has 110 valence electrons. The molecular formula is C15H22N2O3. The maximum atomic E-state index is 11.7. The Morgan fingerprint density at radius 1 is 1.55 bits per heavy atom. The molecule has 1 atom stereocenters. The highest BCUT2D eigenvalue weighted by Crippen LogP contribution is 2.30. The first-order valence-corrected chi connectivity index (χ1v) is 6.77. The predicted octanol–water partition coefficient (Wildman–Crippen LogP) is 1.10. The van der Waals surface area contributed by atoms with Crippen molar-refractivity contribution in [2.24, 2.45) is 11.7 Å². The highest BCUT2D eigenvalue weighted by Gasteiger charge is 2.25. The van der Waals surface area contributed by atoms with Gasteiger partial charge in [-0.1, -0.05) is 6.07 Å². The normalized spacial score (nSPS) is 17.9. The van der Waals surface area contributed by atoms with E-state index >= 15 is 0 Å². The summed E-state index contributed by atoms with van der Waals surface area (Å²) >= 11 is 0. The summed E-state index contributed by atoms with van der Waals surface area (Å²) in [4.78, 5) is 11.7. The van der Waals surface area contributed by atoms with E-state index in [-0.39, 0.29) is 11.8 Å². The summed E-state index contributed by atoms with van der Waals surface area (Å²) in [5.41, 5.74) is 6.04. The van der Waals surface area contributed by atoms with Crippen LogP contribution >= 0.6 is 0 Å². The van der Waals surface area contributed by atoms with Gasteiger partial charge in [0.15, 0.2) is 0 Å². The highest BCUT2D eigenvalue weighted by molar-refractivity contribution is 5.85. The topological polar surface area (TPSA) is 73.6 Å². The van der Waals surface area contributed by atoms with Crippen LogP contribution in [0, 0.1) is 5.92 Å². The van der Waals surface area contributed by atoms with E-state index < -0.39 is 5.54 Å². The van der Waals surface area contributed by atoms with Crippen LogP contribution in [0.25, 0.3) is 0 Å². The summed E-state index contributed by atoms with van der Waals surface area (Å²) in [6.07, 6.45) is 0.880. The zero-order chi connectivity index (χ0) is 14.8. The fourth-order valence-electron chi connectivity index (χ4n) is 2.14. The van der Waals surface area contributed by atoms with Crippen LogP contribution in [-0.4, -0.2) is 31.7 Å². The van der Waals surface area contributed by atoms with Crippen LogP contribution in [0.1, 0.15) is 19.4 Å². The first kappa shape index (κ1) is 14.7. The number of hydrogen-bond acceptors (Lipinski definition) is 4. The molecule has 1 aliphatic rings. The number of nitrogens with one attached hydrogen (secondary N) is 1. The molecule has 1 heterocycles. The SMILES string of the molecule is COc1ccc2c(c1)OCC(CNC(=O)C(C)(C)N)C2. The molecule has 1 unspecified atom stereocenters.